The van der Waals surface area contributed by atoms with Gasteiger partial charge in [0.1, 0.15) is 11.8 Å². The lowest BCUT2D eigenvalue weighted by atomic mass is 10.1. The highest BCUT2D eigenvalue weighted by atomic mass is 16.3. The largest absolute Gasteiger partial charge is 0.467 e. The van der Waals surface area contributed by atoms with Gasteiger partial charge in [-0.1, -0.05) is 29.8 Å². The summed E-state index contributed by atoms with van der Waals surface area (Å²) in [4.78, 5) is 14.5. The molecule has 5 nitrogen and oxygen atoms in total. The van der Waals surface area contributed by atoms with Crippen LogP contribution < -0.4 is 10.3 Å². The first-order valence-electron chi connectivity index (χ1n) is 9.45. The Kier molecular flexibility index (Phi) is 4.80. The molecule has 0 unspecified atom stereocenters. The summed E-state index contributed by atoms with van der Waals surface area (Å²) >= 11 is 0. The molecule has 1 aromatic carbocycles. The highest BCUT2D eigenvalue weighted by Crippen LogP contribution is 2.31. The summed E-state index contributed by atoms with van der Waals surface area (Å²) < 4.78 is 5.60. The fraction of sp³-hybridized carbons (Fsp3) is 0.381. The molecule has 3 heterocycles. The van der Waals surface area contributed by atoms with E-state index < -0.39 is 0 Å². The Morgan fingerprint density at radius 1 is 1.23 bits per heavy atom. The molecule has 136 valence electrons. The van der Waals surface area contributed by atoms with E-state index in [1.54, 1.807) is 16.2 Å². The molecule has 1 amide bonds. The van der Waals surface area contributed by atoms with Gasteiger partial charge in [-0.05, 0) is 30.7 Å². The predicted molar refractivity (Wildman–Crippen MR) is 100 cm³/mol. The zero-order valence-corrected chi connectivity index (χ0v) is 15.2. The fourth-order valence-corrected chi connectivity index (χ4v) is 3.78. The summed E-state index contributed by atoms with van der Waals surface area (Å²) in [6, 6.07) is 11.9. The van der Waals surface area contributed by atoms with Gasteiger partial charge in [-0.2, -0.15) is 0 Å². The first kappa shape index (κ1) is 16.9. The Labute approximate surface area is 154 Å². The maximum absolute atomic E-state index is 12.9. The van der Waals surface area contributed by atoms with E-state index in [1.807, 2.05) is 12.1 Å². The monoisotopic (exact) mass is 352 g/mol. The second kappa shape index (κ2) is 7.38. The summed E-state index contributed by atoms with van der Waals surface area (Å²) in [5, 5.41) is 1.73. The number of furan rings is 1. The minimum atomic E-state index is -0.206. The van der Waals surface area contributed by atoms with E-state index in [4.69, 9.17) is 4.42 Å². The number of benzene rings is 1. The molecule has 0 spiro atoms. The Morgan fingerprint density at radius 2 is 2.00 bits per heavy atom. The van der Waals surface area contributed by atoms with Gasteiger partial charge in [0, 0.05) is 12.8 Å². The molecule has 1 fully saturated rings. The van der Waals surface area contributed by atoms with Gasteiger partial charge in [-0.3, -0.25) is 10.2 Å². The Hall–Kier alpha value is -2.53. The second-order valence-electron chi connectivity index (χ2n) is 7.24. The van der Waals surface area contributed by atoms with Crippen molar-refractivity contribution in [3.05, 3.63) is 65.6 Å². The molecular formula is C21H26N3O2+. The van der Waals surface area contributed by atoms with Gasteiger partial charge in [0.15, 0.2) is 0 Å². The lowest BCUT2D eigenvalue weighted by molar-refractivity contribution is -0.886. The second-order valence-corrected chi connectivity index (χ2v) is 7.24. The van der Waals surface area contributed by atoms with Gasteiger partial charge in [0.2, 0.25) is 5.91 Å². The first-order valence-corrected chi connectivity index (χ1v) is 9.45. The number of rotatable bonds is 5. The SMILES string of the molecule is Cc1ccc(C2=C[C@@H](c3ccco3)N(C(=O)CC[NH+]3CCCC3)N2)cc1. The lowest BCUT2D eigenvalue weighted by Gasteiger charge is -2.24. The van der Waals surface area contributed by atoms with Gasteiger partial charge in [0.05, 0.1) is 38.0 Å². The van der Waals surface area contributed by atoms with Crippen LogP contribution in [-0.4, -0.2) is 30.6 Å². The zero-order valence-electron chi connectivity index (χ0n) is 15.2. The van der Waals surface area contributed by atoms with E-state index in [1.165, 1.54) is 31.5 Å². The molecule has 1 atom stereocenters. The van der Waals surface area contributed by atoms with E-state index in [0.717, 1.165) is 23.6 Å². The number of carbonyl (C=O) groups is 1. The molecule has 1 aromatic heterocycles. The summed E-state index contributed by atoms with van der Waals surface area (Å²) in [5.41, 5.74) is 6.56. The third-order valence-electron chi connectivity index (χ3n) is 5.31. The van der Waals surface area contributed by atoms with Crippen molar-refractivity contribution in [2.24, 2.45) is 0 Å². The van der Waals surface area contributed by atoms with Crippen LogP contribution in [-0.2, 0) is 4.79 Å². The van der Waals surface area contributed by atoms with Gasteiger partial charge >= 0.3 is 0 Å². The number of nitrogens with one attached hydrogen (secondary N) is 2. The van der Waals surface area contributed by atoms with Gasteiger partial charge in [-0.15, -0.1) is 0 Å². The molecule has 2 aromatic rings. The minimum absolute atomic E-state index is 0.115. The van der Waals surface area contributed by atoms with Gasteiger partial charge < -0.3 is 9.32 Å². The average molecular weight is 352 g/mol. The van der Waals surface area contributed by atoms with Gasteiger partial charge in [0.25, 0.3) is 0 Å². The standard InChI is InChI=1S/C21H25N3O2/c1-16-6-8-17(9-7-16)18-15-19(20-5-4-14-26-20)24(22-18)21(25)10-13-23-11-2-3-12-23/h4-9,14-15,19,22H,2-3,10-13H2,1H3/p+1/t19-/m0/s1. The molecule has 0 aliphatic carbocycles. The van der Waals surface area contributed by atoms with Crippen molar-refractivity contribution >= 4 is 11.6 Å². The normalized spacial score (nSPS) is 20.3. The van der Waals surface area contributed by atoms with Crippen LogP contribution in [0.3, 0.4) is 0 Å². The number of aryl methyl sites for hydroxylation is 1. The number of quaternary nitrogens is 1. The smallest absolute Gasteiger partial charge is 0.247 e. The quantitative estimate of drug-likeness (QED) is 0.866. The number of nitrogens with zero attached hydrogens (tertiary/aromatic N) is 1. The lowest BCUT2D eigenvalue weighted by Crippen LogP contribution is -3.10. The number of amides is 1. The molecule has 26 heavy (non-hydrogen) atoms. The summed E-state index contributed by atoms with van der Waals surface area (Å²) in [5.74, 6) is 0.894. The average Bonchev–Trinajstić information content (AvgIpc) is 3.41. The number of carbonyl (C=O) groups excluding carboxylic acids is 1. The summed E-state index contributed by atoms with van der Waals surface area (Å²) in [7, 11) is 0. The van der Waals surface area contributed by atoms with Crippen LogP contribution in [0.1, 0.15) is 42.2 Å². The zero-order chi connectivity index (χ0) is 17.9. The molecule has 2 N–H and O–H groups in total. The topological polar surface area (TPSA) is 49.9 Å². The van der Waals surface area contributed by atoms with Crippen molar-refractivity contribution in [1.29, 1.82) is 0 Å². The van der Waals surface area contributed by atoms with Crippen molar-refractivity contribution in [3.63, 3.8) is 0 Å². The van der Waals surface area contributed by atoms with Crippen LogP contribution in [0.25, 0.3) is 5.70 Å². The molecule has 1 saturated heterocycles. The molecule has 5 heteroatoms. The highest BCUT2D eigenvalue weighted by Gasteiger charge is 2.33. The number of hydrogen-bond acceptors (Lipinski definition) is 3. The molecule has 2 aliphatic rings. The highest BCUT2D eigenvalue weighted by molar-refractivity contribution is 5.80. The van der Waals surface area contributed by atoms with Crippen LogP contribution in [0.4, 0.5) is 0 Å². The predicted octanol–water partition coefficient (Wildman–Crippen LogP) is 2.09. The third-order valence-corrected chi connectivity index (χ3v) is 5.31. The van der Waals surface area contributed by atoms with Crippen LogP contribution in [0.5, 0.6) is 0 Å². The molecular weight excluding hydrogens is 326 g/mol. The third kappa shape index (κ3) is 3.53. The van der Waals surface area contributed by atoms with E-state index >= 15 is 0 Å². The van der Waals surface area contributed by atoms with Crippen molar-refractivity contribution < 1.29 is 14.1 Å². The van der Waals surface area contributed by atoms with Crippen molar-refractivity contribution in [1.82, 2.24) is 10.4 Å². The molecule has 0 radical (unpaired) electrons. The number of hydrogen-bond donors (Lipinski definition) is 2. The Morgan fingerprint density at radius 3 is 2.69 bits per heavy atom. The summed E-state index contributed by atoms with van der Waals surface area (Å²) in [6.07, 6.45) is 6.84. The fourth-order valence-electron chi connectivity index (χ4n) is 3.78. The summed E-state index contributed by atoms with van der Waals surface area (Å²) in [6.45, 7) is 5.36. The van der Waals surface area contributed by atoms with E-state index in [0.29, 0.717) is 6.42 Å². The molecule has 0 bridgehead atoms. The van der Waals surface area contributed by atoms with Crippen molar-refractivity contribution in [2.75, 3.05) is 19.6 Å². The van der Waals surface area contributed by atoms with Crippen LogP contribution in [0.2, 0.25) is 0 Å². The first-order chi connectivity index (χ1) is 12.7. The number of likely N-dealkylation sites (tertiary alicyclic amines) is 1. The molecule has 4 rings (SSSR count). The van der Waals surface area contributed by atoms with E-state index in [2.05, 4.69) is 42.7 Å². The minimum Gasteiger partial charge on any atom is -0.467 e. The van der Waals surface area contributed by atoms with Gasteiger partial charge in [-0.25, -0.2) is 5.01 Å². The Balaban J connectivity index is 1.51. The van der Waals surface area contributed by atoms with Crippen LogP contribution in [0.15, 0.2) is 53.2 Å². The van der Waals surface area contributed by atoms with Crippen LogP contribution >= 0.6 is 0 Å². The van der Waals surface area contributed by atoms with E-state index in [-0.39, 0.29) is 11.9 Å². The van der Waals surface area contributed by atoms with Crippen LogP contribution in [0, 0.1) is 6.92 Å². The van der Waals surface area contributed by atoms with Crippen molar-refractivity contribution in [2.45, 2.75) is 32.2 Å². The number of hydrazine groups is 1. The van der Waals surface area contributed by atoms with Crippen molar-refractivity contribution in [3.8, 4) is 0 Å². The maximum Gasteiger partial charge on any atom is 0.247 e. The van der Waals surface area contributed by atoms with E-state index in [9.17, 15) is 4.79 Å². The maximum atomic E-state index is 12.9. The molecule has 0 saturated carbocycles. The Bertz CT molecular complexity index is 774. The molecule has 2 aliphatic heterocycles.